The summed E-state index contributed by atoms with van der Waals surface area (Å²) in [5, 5.41) is 12.2. The molecule has 2 unspecified atom stereocenters. The van der Waals surface area contributed by atoms with Gasteiger partial charge in [-0.1, -0.05) is 24.3 Å². The van der Waals surface area contributed by atoms with Crippen molar-refractivity contribution in [3.05, 3.63) is 47.6 Å². The van der Waals surface area contributed by atoms with Crippen molar-refractivity contribution in [2.75, 3.05) is 13.7 Å². The van der Waals surface area contributed by atoms with Crippen molar-refractivity contribution in [2.24, 2.45) is 17.3 Å². The number of methoxy groups -OCH3 is 1. The smallest absolute Gasteiger partial charge is 0.336 e. The molecule has 8 aliphatic rings. The molecular weight excluding hydrogens is 466 g/mol. The Hall–Kier alpha value is -2.15. The lowest BCUT2D eigenvalue weighted by molar-refractivity contribution is -0.352. The summed E-state index contributed by atoms with van der Waals surface area (Å²) in [4.78, 5) is 15.4. The number of likely N-dealkylation sites (tertiary alicyclic amines) is 1. The number of ether oxygens (including phenoxy) is 3. The minimum absolute atomic E-state index is 0.0690. The second-order valence-electron chi connectivity index (χ2n) is 13.2. The highest BCUT2D eigenvalue weighted by Crippen LogP contribution is 2.90. The molecule has 9 rings (SSSR count). The van der Waals surface area contributed by atoms with Crippen molar-refractivity contribution < 1.29 is 24.1 Å². The van der Waals surface area contributed by atoms with Crippen LogP contribution in [0.3, 0.4) is 0 Å². The van der Waals surface area contributed by atoms with Gasteiger partial charge >= 0.3 is 5.97 Å². The predicted octanol–water partition coefficient (Wildman–Crippen LogP) is 4.08. The van der Waals surface area contributed by atoms with E-state index in [0.717, 1.165) is 38.0 Å². The minimum atomic E-state index is -0.955. The van der Waals surface area contributed by atoms with Gasteiger partial charge in [0.15, 0.2) is 11.5 Å². The summed E-state index contributed by atoms with van der Waals surface area (Å²) >= 11 is 0. The monoisotopic (exact) mass is 503 g/mol. The topological polar surface area (TPSA) is 68.2 Å². The number of carbonyl (C=O) groups is 1. The van der Waals surface area contributed by atoms with Gasteiger partial charge in [-0.15, -0.1) is 0 Å². The molecule has 2 aliphatic heterocycles. The van der Waals surface area contributed by atoms with Crippen LogP contribution < -0.4 is 9.47 Å². The maximum absolute atomic E-state index is 12.6. The summed E-state index contributed by atoms with van der Waals surface area (Å²) in [6.45, 7) is 6.98. The lowest BCUT2D eigenvalue weighted by Crippen LogP contribution is -2.92. The van der Waals surface area contributed by atoms with Crippen molar-refractivity contribution in [1.82, 2.24) is 4.90 Å². The van der Waals surface area contributed by atoms with Gasteiger partial charge in [-0.3, -0.25) is 4.90 Å². The van der Waals surface area contributed by atoms with E-state index in [1.165, 1.54) is 30.0 Å². The molecule has 5 bridgehead atoms. The molecule has 6 nitrogen and oxygen atoms in total. The number of aliphatic hydroxyl groups is 1. The SMILES string of the molecule is C/C=C/C=C/C(=O)Oc1ccc2c3c1O[C@@H]1[C@]34CC3C5(C(C)(C)O)N(CC6CC6)[C@H](C2)[C@]34CC[C@@]15OC. The van der Waals surface area contributed by atoms with Crippen molar-refractivity contribution in [3.63, 3.8) is 0 Å². The average Bonchev–Trinajstić information content (AvgIpc) is 3.55. The van der Waals surface area contributed by atoms with E-state index in [1.54, 1.807) is 6.08 Å². The summed E-state index contributed by atoms with van der Waals surface area (Å²) in [6, 6.07) is 4.47. The average molecular weight is 504 g/mol. The molecular formula is C31H37NO5. The molecule has 0 radical (unpaired) electrons. The highest BCUT2D eigenvalue weighted by molar-refractivity contribution is 5.85. The summed E-state index contributed by atoms with van der Waals surface area (Å²) in [6.07, 6.45) is 13.1. The number of carbonyl (C=O) groups excluding carboxylic acids is 1. The largest absolute Gasteiger partial charge is 0.482 e. The van der Waals surface area contributed by atoms with Gasteiger partial charge in [-0.05, 0) is 82.8 Å². The van der Waals surface area contributed by atoms with Crippen molar-refractivity contribution in [2.45, 2.75) is 93.6 Å². The lowest BCUT2D eigenvalue weighted by Gasteiger charge is -2.80. The highest BCUT2D eigenvalue weighted by Gasteiger charge is 2.98. The van der Waals surface area contributed by atoms with Crippen LogP contribution in [-0.2, 0) is 21.4 Å². The number of fused-ring (bicyclic) bond motifs is 1. The van der Waals surface area contributed by atoms with E-state index in [9.17, 15) is 9.90 Å². The van der Waals surface area contributed by atoms with Gasteiger partial charge in [-0.2, -0.15) is 0 Å². The van der Waals surface area contributed by atoms with Crippen molar-refractivity contribution >= 4 is 5.97 Å². The summed E-state index contributed by atoms with van der Waals surface area (Å²) in [7, 11) is 1.83. The highest BCUT2D eigenvalue weighted by atomic mass is 16.6. The van der Waals surface area contributed by atoms with Crippen LogP contribution in [0.25, 0.3) is 0 Å². The Morgan fingerprint density at radius 1 is 1.27 bits per heavy atom. The van der Waals surface area contributed by atoms with Gasteiger partial charge in [-0.25, -0.2) is 4.79 Å². The van der Waals surface area contributed by atoms with Gasteiger partial charge < -0.3 is 19.3 Å². The third-order valence-electron chi connectivity index (χ3n) is 11.8. The van der Waals surface area contributed by atoms with Crippen LogP contribution in [0.5, 0.6) is 11.5 Å². The van der Waals surface area contributed by atoms with Gasteiger partial charge in [0.25, 0.3) is 0 Å². The molecule has 1 N–H and O–H groups in total. The van der Waals surface area contributed by atoms with Crippen LogP contribution >= 0.6 is 0 Å². The van der Waals surface area contributed by atoms with Crippen molar-refractivity contribution in [3.8, 4) is 11.5 Å². The first kappa shape index (κ1) is 22.8. The van der Waals surface area contributed by atoms with E-state index in [2.05, 4.69) is 11.0 Å². The van der Waals surface area contributed by atoms with Crippen LogP contribution in [0.2, 0.25) is 0 Å². The fourth-order valence-corrected chi connectivity index (χ4v) is 11.1. The van der Waals surface area contributed by atoms with Gasteiger partial charge in [0.1, 0.15) is 11.7 Å². The van der Waals surface area contributed by atoms with E-state index in [4.69, 9.17) is 14.2 Å². The molecule has 196 valence electrons. The Morgan fingerprint density at radius 2 is 2.08 bits per heavy atom. The number of hydrogen-bond acceptors (Lipinski definition) is 6. The van der Waals surface area contributed by atoms with E-state index in [1.807, 2.05) is 46.1 Å². The zero-order valence-electron chi connectivity index (χ0n) is 22.3. The third-order valence-corrected chi connectivity index (χ3v) is 11.8. The molecule has 37 heavy (non-hydrogen) atoms. The zero-order valence-corrected chi connectivity index (χ0v) is 22.3. The molecule has 6 heteroatoms. The molecule has 1 aromatic rings. The fourth-order valence-electron chi connectivity index (χ4n) is 11.1. The van der Waals surface area contributed by atoms with Crippen LogP contribution in [0.4, 0.5) is 0 Å². The fraction of sp³-hybridized carbons (Fsp3) is 0.645. The number of rotatable bonds is 7. The molecule has 0 aromatic heterocycles. The van der Waals surface area contributed by atoms with Crippen molar-refractivity contribution in [1.29, 1.82) is 0 Å². The summed E-state index contributed by atoms with van der Waals surface area (Å²) in [5.74, 6) is 1.92. The maximum atomic E-state index is 12.6. The molecule has 1 saturated heterocycles. The number of benzene rings is 1. The molecule has 2 spiro atoms. The first-order chi connectivity index (χ1) is 17.7. The standard InChI is InChI=1S/C31H37NO5/c1-5-6-7-8-23(33)36-20-12-11-19-15-22-28-13-14-30(35-4)26-29(28,24(19)25(20)37-26)16-21(28)31(30,27(2,3)34)32(22)17-18-9-10-18/h5-8,11-12,18,21-22,26,34H,9-10,13-17H2,1-4H3/b6-5+,8-7+/t21?,22-,26-,28+,29+,30-,31?/m1/s1. The van der Waals surface area contributed by atoms with Gasteiger partial charge in [0.2, 0.25) is 0 Å². The Kier molecular flexibility index (Phi) is 4.13. The maximum Gasteiger partial charge on any atom is 0.336 e. The first-order valence-electron chi connectivity index (χ1n) is 14.1. The molecule has 2 heterocycles. The van der Waals surface area contributed by atoms with E-state index in [-0.39, 0.29) is 16.9 Å². The lowest BCUT2D eigenvalue weighted by atomic mass is 9.23. The second kappa shape index (κ2) is 6.70. The van der Waals surface area contributed by atoms with Crippen LogP contribution in [0.1, 0.15) is 64.0 Å². The number of esters is 1. The molecule has 1 aromatic carbocycles. The van der Waals surface area contributed by atoms with E-state index >= 15 is 0 Å². The Labute approximate surface area is 218 Å². The quantitative estimate of drug-likeness (QED) is 0.262. The van der Waals surface area contributed by atoms with Crippen LogP contribution in [-0.4, -0.2) is 58.5 Å². The number of allylic oxidation sites excluding steroid dienone is 3. The number of nitrogens with zero attached hydrogens (tertiary/aromatic N) is 1. The Balaban J connectivity index is 1.33. The molecule has 7 atom stereocenters. The summed E-state index contributed by atoms with van der Waals surface area (Å²) < 4.78 is 19.6. The molecule has 6 aliphatic carbocycles. The van der Waals surface area contributed by atoms with Gasteiger partial charge in [0, 0.05) is 42.2 Å². The third kappa shape index (κ3) is 2.13. The minimum Gasteiger partial charge on any atom is -0.482 e. The Morgan fingerprint density at radius 3 is 2.78 bits per heavy atom. The Bertz CT molecular complexity index is 1290. The second-order valence-corrected chi connectivity index (χ2v) is 13.2. The number of hydrogen-bond donors (Lipinski definition) is 1. The normalized spacial score (nSPS) is 44.0. The van der Waals surface area contributed by atoms with E-state index in [0.29, 0.717) is 23.6 Å². The first-order valence-corrected chi connectivity index (χ1v) is 14.1. The molecule has 0 amide bonds. The molecule has 5 saturated carbocycles. The summed E-state index contributed by atoms with van der Waals surface area (Å²) in [5.41, 5.74) is 0.428. The van der Waals surface area contributed by atoms with Gasteiger partial charge in [0.05, 0.1) is 11.1 Å². The van der Waals surface area contributed by atoms with Crippen LogP contribution in [0.15, 0.2) is 36.4 Å². The van der Waals surface area contributed by atoms with E-state index < -0.39 is 22.7 Å². The predicted molar refractivity (Wildman–Crippen MR) is 138 cm³/mol. The zero-order chi connectivity index (χ0) is 25.6. The molecule has 6 fully saturated rings. The van der Waals surface area contributed by atoms with Crippen LogP contribution in [0, 0.1) is 17.3 Å².